The molecule has 0 unspecified atom stereocenters. The molecule has 19 heavy (non-hydrogen) atoms. The van der Waals surface area contributed by atoms with Gasteiger partial charge >= 0.3 is 0 Å². The van der Waals surface area contributed by atoms with Crippen molar-refractivity contribution in [1.82, 2.24) is 25.0 Å². The Labute approximate surface area is 116 Å². The summed E-state index contributed by atoms with van der Waals surface area (Å²) in [4.78, 5) is 6.91. The first kappa shape index (κ1) is 14.5. The summed E-state index contributed by atoms with van der Waals surface area (Å²) in [6.45, 7) is 12.1. The van der Waals surface area contributed by atoms with E-state index in [1.165, 1.54) is 0 Å². The van der Waals surface area contributed by atoms with Gasteiger partial charge in [-0.2, -0.15) is 5.10 Å². The molecule has 0 saturated carbocycles. The molecule has 0 aromatic carbocycles. The second kappa shape index (κ2) is 5.21. The van der Waals surface area contributed by atoms with E-state index in [1.807, 2.05) is 11.7 Å². The quantitative estimate of drug-likeness (QED) is 0.897. The number of aromatic nitrogens is 3. The first-order chi connectivity index (χ1) is 8.92. The standard InChI is InChI=1S/C14H27N5/c1-6-14(7-2)10-19(13(3,4)9-16-14)8-12-15-11-17-18(12)5/h11,16H,6-10H2,1-5H3. The Morgan fingerprint density at radius 3 is 2.53 bits per heavy atom. The molecule has 1 aromatic heterocycles. The molecule has 1 aromatic rings. The highest BCUT2D eigenvalue weighted by molar-refractivity contribution is 5.02. The van der Waals surface area contributed by atoms with Crippen LogP contribution >= 0.6 is 0 Å². The summed E-state index contributed by atoms with van der Waals surface area (Å²) in [5.41, 5.74) is 0.397. The molecule has 0 spiro atoms. The van der Waals surface area contributed by atoms with Gasteiger partial charge in [0.1, 0.15) is 12.2 Å². The van der Waals surface area contributed by atoms with Crippen molar-refractivity contribution < 1.29 is 0 Å². The average molecular weight is 265 g/mol. The van der Waals surface area contributed by atoms with Crippen molar-refractivity contribution in [3.05, 3.63) is 12.2 Å². The van der Waals surface area contributed by atoms with E-state index in [-0.39, 0.29) is 11.1 Å². The fourth-order valence-corrected chi connectivity index (χ4v) is 2.78. The predicted octanol–water partition coefficient (Wildman–Crippen LogP) is 1.56. The molecule has 1 aliphatic rings. The largest absolute Gasteiger partial charge is 0.308 e. The highest BCUT2D eigenvalue weighted by Crippen LogP contribution is 2.29. The van der Waals surface area contributed by atoms with Crippen molar-refractivity contribution in [2.24, 2.45) is 7.05 Å². The van der Waals surface area contributed by atoms with Gasteiger partial charge in [0.15, 0.2) is 0 Å². The number of nitrogens with one attached hydrogen (secondary N) is 1. The van der Waals surface area contributed by atoms with E-state index < -0.39 is 0 Å². The zero-order valence-electron chi connectivity index (χ0n) is 12.9. The Hall–Kier alpha value is -0.940. The van der Waals surface area contributed by atoms with E-state index in [0.29, 0.717) is 0 Å². The van der Waals surface area contributed by atoms with Crippen LogP contribution in [0.2, 0.25) is 0 Å². The molecule has 0 amide bonds. The van der Waals surface area contributed by atoms with Crippen LogP contribution in [-0.2, 0) is 13.6 Å². The molecule has 0 aliphatic carbocycles. The summed E-state index contributed by atoms with van der Waals surface area (Å²) < 4.78 is 1.87. The average Bonchev–Trinajstić information content (AvgIpc) is 2.78. The molecule has 1 aliphatic heterocycles. The number of rotatable bonds is 4. The van der Waals surface area contributed by atoms with Crippen molar-refractivity contribution >= 4 is 0 Å². The monoisotopic (exact) mass is 265 g/mol. The van der Waals surface area contributed by atoms with Gasteiger partial charge in [0.25, 0.3) is 0 Å². The van der Waals surface area contributed by atoms with E-state index in [1.54, 1.807) is 6.33 Å². The van der Waals surface area contributed by atoms with E-state index in [0.717, 1.165) is 38.3 Å². The molecular weight excluding hydrogens is 238 g/mol. The first-order valence-electron chi connectivity index (χ1n) is 7.25. The third-order valence-electron chi connectivity index (χ3n) is 4.74. The van der Waals surface area contributed by atoms with Crippen LogP contribution in [0.3, 0.4) is 0 Å². The summed E-state index contributed by atoms with van der Waals surface area (Å²) >= 11 is 0. The summed E-state index contributed by atoms with van der Waals surface area (Å²) in [5.74, 6) is 1.04. The number of aryl methyl sites for hydroxylation is 1. The first-order valence-corrected chi connectivity index (χ1v) is 7.25. The maximum atomic E-state index is 4.36. The van der Waals surface area contributed by atoms with Crippen LogP contribution in [0.15, 0.2) is 6.33 Å². The van der Waals surface area contributed by atoms with Gasteiger partial charge in [-0.3, -0.25) is 9.58 Å². The van der Waals surface area contributed by atoms with Crippen molar-refractivity contribution in [3.63, 3.8) is 0 Å². The van der Waals surface area contributed by atoms with E-state index in [4.69, 9.17) is 0 Å². The lowest BCUT2D eigenvalue weighted by Gasteiger charge is -2.51. The fraction of sp³-hybridized carbons (Fsp3) is 0.857. The van der Waals surface area contributed by atoms with Crippen LogP contribution in [0.25, 0.3) is 0 Å². The lowest BCUT2D eigenvalue weighted by molar-refractivity contribution is 0.0136. The Morgan fingerprint density at radius 1 is 1.32 bits per heavy atom. The number of piperazine rings is 1. The molecule has 0 bridgehead atoms. The Morgan fingerprint density at radius 2 is 2.00 bits per heavy atom. The van der Waals surface area contributed by atoms with Crippen LogP contribution < -0.4 is 5.32 Å². The summed E-state index contributed by atoms with van der Waals surface area (Å²) in [7, 11) is 1.96. The van der Waals surface area contributed by atoms with Gasteiger partial charge in [0.05, 0.1) is 6.54 Å². The SMILES string of the molecule is CCC1(CC)CN(Cc2ncnn2C)C(C)(C)CN1. The third-order valence-corrected chi connectivity index (χ3v) is 4.74. The number of nitrogens with zero attached hydrogens (tertiary/aromatic N) is 4. The van der Waals surface area contributed by atoms with Crippen molar-refractivity contribution in [2.75, 3.05) is 13.1 Å². The maximum absolute atomic E-state index is 4.36. The van der Waals surface area contributed by atoms with E-state index >= 15 is 0 Å². The summed E-state index contributed by atoms with van der Waals surface area (Å²) in [6.07, 6.45) is 3.96. The smallest absolute Gasteiger partial charge is 0.140 e. The molecule has 2 heterocycles. The Kier molecular flexibility index (Phi) is 3.97. The van der Waals surface area contributed by atoms with E-state index in [9.17, 15) is 0 Å². The lowest BCUT2D eigenvalue weighted by atomic mass is 9.85. The van der Waals surface area contributed by atoms with Crippen molar-refractivity contribution in [1.29, 1.82) is 0 Å². The van der Waals surface area contributed by atoms with Crippen LogP contribution in [0.4, 0.5) is 0 Å². The second-order valence-electron chi connectivity index (χ2n) is 6.31. The zero-order valence-corrected chi connectivity index (χ0v) is 12.9. The van der Waals surface area contributed by atoms with E-state index in [2.05, 4.69) is 48.0 Å². The summed E-state index contributed by atoms with van der Waals surface area (Å²) in [5, 5.41) is 7.93. The number of hydrogen-bond acceptors (Lipinski definition) is 4. The minimum Gasteiger partial charge on any atom is -0.308 e. The zero-order chi connectivity index (χ0) is 14.1. The minimum absolute atomic E-state index is 0.153. The Balaban J connectivity index is 2.17. The van der Waals surface area contributed by atoms with Gasteiger partial charge in [-0.1, -0.05) is 13.8 Å². The molecule has 0 atom stereocenters. The van der Waals surface area contributed by atoms with Gasteiger partial charge in [0, 0.05) is 31.2 Å². The fourth-order valence-electron chi connectivity index (χ4n) is 2.78. The van der Waals surface area contributed by atoms with Crippen molar-refractivity contribution in [2.45, 2.75) is 58.2 Å². The van der Waals surface area contributed by atoms with Crippen LogP contribution in [0, 0.1) is 0 Å². The van der Waals surface area contributed by atoms with Gasteiger partial charge < -0.3 is 5.32 Å². The normalized spacial score (nSPS) is 22.6. The molecule has 1 saturated heterocycles. The molecule has 1 N–H and O–H groups in total. The van der Waals surface area contributed by atoms with Gasteiger partial charge in [-0.25, -0.2) is 4.98 Å². The molecular formula is C14H27N5. The predicted molar refractivity (Wildman–Crippen MR) is 76.8 cm³/mol. The molecule has 1 fully saturated rings. The van der Waals surface area contributed by atoms with Gasteiger partial charge in [-0.15, -0.1) is 0 Å². The topological polar surface area (TPSA) is 46.0 Å². The lowest BCUT2D eigenvalue weighted by Crippen LogP contribution is -2.67. The highest BCUT2D eigenvalue weighted by atomic mass is 15.4. The maximum Gasteiger partial charge on any atom is 0.140 e. The molecule has 5 nitrogen and oxygen atoms in total. The molecule has 2 rings (SSSR count). The molecule has 0 radical (unpaired) electrons. The molecule has 5 heteroatoms. The third kappa shape index (κ3) is 2.82. The van der Waals surface area contributed by atoms with Gasteiger partial charge in [-0.05, 0) is 26.7 Å². The van der Waals surface area contributed by atoms with Crippen LogP contribution in [0.5, 0.6) is 0 Å². The van der Waals surface area contributed by atoms with Crippen LogP contribution in [0.1, 0.15) is 46.4 Å². The van der Waals surface area contributed by atoms with Crippen LogP contribution in [-0.4, -0.2) is 43.8 Å². The van der Waals surface area contributed by atoms with Gasteiger partial charge in [0.2, 0.25) is 0 Å². The number of hydrogen-bond donors (Lipinski definition) is 1. The summed E-state index contributed by atoms with van der Waals surface area (Å²) in [6, 6.07) is 0. The highest BCUT2D eigenvalue weighted by Gasteiger charge is 2.41. The second-order valence-corrected chi connectivity index (χ2v) is 6.31. The molecule has 108 valence electrons. The van der Waals surface area contributed by atoms with Crippen molar-refractivity contribution in [3.8, 4) is 0 Å². The minimum atomic E-state index is 0.153. The Bertz CT molecular complexity index is 419.